The summed E-state index contributed by atoms with van der Waals surface area (Å²) >= 11 is 0. The predicted molar refractivity (Wildman–Crippen MR) is 147 cm³/mol. The van der Waals surface area contributed by atoms with E-state index in [0.29, 0.717) is 31.1 Å². The van der Waals surface area contributed by atoms with Crippen LogP contribution in [0.4, 0.5) is 8.78 Å². The minimum Gasteiger partial charge on any atom is -0.493 e. The maximum atomic E-state index is 13.7. The second-order valence-corrected chi connectivity index (χ2v) is 10.6. The van der Waals surface area contributed by atoms with Gasteiger partial charge in [-0.1, -0.05) is 50.1 Å². The molecule has 0 saturated heterocycles. The van der Waals surface area contributed by atoms with E-state index in [1.165, 1.54) is 5.56 Å². The van der Waals surface area contributed by atoms with Gasteiger partial charge < -0.3 is 19.9 Å². The van der Waals surface area contributed by atoms with Crippen molar-refractivity contribution in [2.24, 2.45) is 5.92 Å². The number of amides is 1. The monoisotopic (exact) mass is 545 g/mol. The zero-order chi connectivity index (χ0) is 28.6. The summed E-state index contributed by atoms with van der Waals surface area (Å²) in [6, 6.07) is 14.0. The van der Waals surface area contributed by atoms with Crippen molar-refractivity contribution in [3.63, 3.8) is 0 Å². The molecule has 0 spiro atoms. The fraction of sp³-hybridized carbons (Fsp3) is 0.548. The van der Waals surface area contributed by atoms with Gasteiger partial charge in [-0.2, -0.15) is 0 Å². The van der Waals surface area contributed by atoms with Gasteiger partial charge in [0.05, 0.1) is 13.2 Å². The summed E-state index contributed by atoms with van der Waals surface area (Å²) in [6.45, 7) is 8.53. The molecule has 1 saturated carbocycles. The summed E-state index contributed by atoms with van der Waals surface area (Å²) in [5, 5.41) is 12.2. The van der Waals surface area contributed by atoms with Gasteiger partial charge in [-0.05, 0) is 69.2 Å². The standard InChI is InChI=1S/C31H41F2NO5/c1-5-38-26-17-24(18-27(22(26)4)39-6-2)21(3)25(16-12-8-11-15-23-13-9-7-10-14-23)28(35)34-30(29(36)37)19-31(32,33)20-30/h7,9-10,13-14,17-18,21,25H,5-6,8,11-12,15-16,19-20H2,1-4H3,(H,34,35)(H,36,37). The Labute approximate surface area is 230 Å². The lowest BCUT2D eigenvalue weighted by Crippen LogP contribution is -2.67. The Hall–Kier alpha value is -3.16. The molecule has 8 heteroatoms. The Morgan fingerprint density at radius 3 is 2.10 bits per heavy atom. The average Bonchev–Trinajstić information content (AvgIpc) is 2.87. The zero-order valence-electron chi connectivity index (χ0n) is 23.4. The summed E-state index contributed by atoms with van der Waals surface area (Å²) in [4.78, 5) is 25.5. The minimum atomic E-state index is -3.10. The van der Waals surface area contributed by atoms with Crippen molar-refractivity contribution < 1.29 is 33.0 Å². The molecule has 2 N–H and O–H groups in total. The highest BCUT2D eigenvalue weighted by Crippen LogP contribution is 2.46. The molecule has 214 valence electrons. The highest BCUT2D eigenvalue weighted by molar-refractivity contribution is 5.89. The molecule has 6 nitrogen and oxygen atoms in total. The van der Waals surface area contributed by atoms with Crippen LogP contribution in [0.25, 0.3) is 0 Å². The Morgan fingerprint density at radius 1 is 1.00 bits per heavy atom. The quantitative estimate of drug-likeness (QED) is 0.244. The largest absolute Gasteiger partial charge is 0.493 e. The summed E-state index contributed by atoms with van der Waals surface area (Å²) in [5.74, 6) is -4.66. The molecule has 2 atom stereocenters. The number of carboxylic acid groups (broad SMARTS) is 1. The third kappa shape index (κ3) is 7.70. The summed E-state index contributed by atoms with van der Waals surface area (Å²) in [5.41, 5.74) is 0.992. The van der Waals surface area contributed by atoms with Crippen LogP contribution in [0.2, 0.25) is 0 Å². The fourth-order valence-corrected chi connectivity index (χ4v) is 5.36. The number of hydrogen-bond acceptors (Lipinski definition) is 4. The third-order valence-electron chi connectivity index (χ3n) is 7.62. The molecule has 0 aliphatic heterocycles. The van der Waals surface area contributed by atoms with Crippen molar-refractivity contribution in [3.05, 3.63) is 59.2 Å². The van der Waals surface area contributed by atoms with Crippen LogP contribution in [0.3, 0.4) is 0 Å². The van der Waals surface area contributed by atoms with E-state index in [2.05, 4.69) is 17.4 Å². The lowest BCUT2D eigenvalue weighted by atomic mass is 9.72. The number of aryl methyl sites for hydroxylation is 1. The molecule has 1 amide bonds. The molecule has 0 aromatic heterocycles. The zero-order valence-corrected chi connectivity index (χ0v) is 23.4. The van der Waals surface area contributed by atoms with Gasteiger partial charge in [0.15, 0.2) is 0 Å². The van der Waals surface area contributed by atoms with Crippen LogP contribution in [-0.2, 0) is 16.0 Å². The second kappa shape index (κ2) is 13.3. The van der Waals surface area contributed by atoms with Crippen LogP contribution < -0.4 is 14.8 Å². The van der Waals surface area contributed by atoms with Gasteiger partial charge in [0.1, 0.15) is 17.0 Å². The molecule has 1 aliphatic carbocycles. The van der Waals surface area contributed by atoms with Gasteiger partial charge in [-0.3, -0.25) is 4.79 Å². The van der Waals surface area contributed by atoms with E-state index in [0.717, 1.165) is 36.8 Å². The molecule has 0 bridgehead atoms. The highest BCUT2D eigenvalue weighted by Gasteiger charge is 2.62. The van der Waals surface area contributed by atoms with Crippen LogP contribution in [0, 0.1) is 12.8 Å². The van der Waals surface area contributed by atoms with E-state index in [1.54, 1.807) is 0 Å². The number of ether oxygens (including phenoxy) is 2. The van der Waals surface area contributed by atoms with Gasteiger partial charge in [0, 0.05) is 24.3 Å². The van der Waals surface area contributed by atoms with Crippen LogP contribution in [0.15, 0.2) is 42.5 Å². The first-order valence-electron chi connectivity index (χ1n) is 13.9. The first-order chi connectivity index (χ1) is 18.5. The number of benzene rings is 2. The van der Waals surface area contributed by atoms with Gasteiger partial charge in [-0.15, -0.1) is 0 Å². The minimum absolute atomic E-state index is 0.329. The maximum absolute atomic E-state index is 13.7. The third-order valence-corrected chi connectivity index (χ3v) is 7.62. The molecule has 39 heavy (non-hydrogen) atoms. The Kier molecular flexibility index (Phi) is 10.3. The number of carbonyl (C=O) groups excluding carboxylic acids is 1. The fourth-order valence-electron chi connectivity index (χ4n) is 5.36. The van der Waals surface area contributed by atoms with Crippen molar-refractivity contribution in [3.8, 4) is 11.5 Å². The molecular weight excluding hydrogens is 504 g/mol. The molecule has 0 radical (unpaired) electrons. The van der Waals surface area contributed by atoms with E-state index in [-0.39, 0.29) is 5.92 Å². The van der Waals surface area contributed by atoms with E-state index >= 15 is 0 Å². The van der Waals surface area contributed by atoms with E-state index in [4.69, 9.17) is 9.47 Å². The normalized spacial score (nSPS) is 17.0. The number of carbonyl (C=O) groups is 2. The van der Waals surface area contributed by atoms with Crippen molar-refractivity contribution in [2.45, 2.75) is 90.0 Å². The van der Waals surface area contributed by atoms with E-state index in [9.17, 15) is 23.5 Å². The number of alkyl halides is 2. The molecule has 1 aliphatic rings. The van der Waals surface area contributed by atoms with Crippen molar-refractivity contribution >= 4 is 11.9 Å². The van der Waals surface area contributed by atoms with Crippen LogP contribution in [0.1, 0.15) is 81.9 Å². The number of unbranched alkanes of at least 4 members (excludes halogenated alkanes) is 2. The summed E-state index contributed by atoms with van der Waals surface area (Å²) in [6.07, 6.45) is 2.21. The number of rotatable bonds is 15. The lowest BCUT2D eigenvalue weighted by Gasteiger charge is -2.45. The van der Waals surface area contributed by atoms with E-state index in [1.807, 2.05) is 58.0 Å². The topological polar surface area (TPSA) is 84.9 Å². The Bertz CT molecular complexity index is 1090. The summed E-state index contributed by atoms with van der Waals surface area (Å²) in [7, 11) is 0. The maximum Gasteiger partial charge on any atom is 0.329 e. The smallest absolute Gasteiger partial charge is 0.329 e. The van der Waals surface area contributed by atoms with Crippen molar-refractivity contribution in [1.82, 2.24) is 5.32 Å². The van der Waals surface area contributed by atoms with Gasteiger partial charge in [0.25, 0.3) is 5.92 Å². The Morgan fingerprint density at radius 2 is 1.59 bits per heavy atom. The predicted octanol–water partition coefficient (Wildman–Crippen LogP) is 6.68. The van der Waals surface area contributed by atoms with Crippen LogP contribution in [0.5, 0.6) is 11.5 Å². The van der Waals surface area contributed by atoms with E-state index < -0.39 is 42.1 Å². The van der Waals surface area contributed by atoms with Crippen molar-refractivity contribution in [1.29, 1.82) is 0 Å². The number of halogens is 2. The number of hydrogen-bond donors (Lipinski definition) is 2. The number of aliphatic carboxylic acids is 1. The molecule has 1 fully saturated rings. The molecule has 2 aromatic carbocycles. The molecule has 2 aromatic rings. The SMILES string of the molecule is CCOc1cc(C(C)C(CCCCCc2ccccc2)C(=O)NC2(C(=O)O)CC(F)(F)C2)cc(OCC)c1C. The lowest BCUT2D eigenvalue weighted by molar-refractivity contribution is -0.180. The average molecular weight is 546 g/mol. The van der Waals surface area contributed by atoms with Crippen LogP contribution >= 0.6 is 0 Å². The number of nitrogens with one attached hydrogen (secondary N) is 1. The molecule has 0 heterocycles. The van der Waals surface area contributed by atoms with Crippen LogP contribution in [-0.4, -0.2) is 41.7 Å². The molecular formula is C31H41F2NO5. The molecule has 2 unspecified atom stereocenters. The first kappa shape index (κ1) is 30.4. The van der Waals surface area contributed by atoms with Crippen molar-refractivity contribution in [2.75, 3.05) is 13.2 Å². The highest BCUT2D eigenvalue weighted by atomic mass is 19.3. The number of carboxylic acids is 1. The Balaban J connectivity index is 1.81. The molecule has 3 rings (SSSR count). The van der Waals surface area contributed by atoms with Gasteiger partial charge in [0.2, 0.25) is 5.91 Å². The first-order valence-corrected chi connectivity index (χ1v) is 13.9. The summed E-state index contributed by atoms with van der Waals surface area (Å²) < 4.78 is 39.1. The second-order valence-electron chi connectivity index (χ2n) is 10.6. The van der Waals surface area contributed by atoms with Gasteiger partial charge >= 0.3 is 5.97 Å². The van der Waals surface area contributed by atoms with Gasteiger partial charge in [-0.25, -0.2) is 13.6 Å².